The number of allylic oxidation sites excluding steroid dienone is 1. The third-order valence-electron chi connectivity index (χ3n) is 3.12. The highest BCUT2D eigenvalue weighted by atomic mass is 35.5. The Morgan fingerprint density at radius 2 is 2.29 bits per heavy atom. The minimum Gasteiger partial charge on any atom is -0.307 e. The van der Waals surface area contributed by atoms with Gasteiger partial charge < -0.3 is 5.32 Å². The summed E-state index contributed by atoms with van der Waals surface area (Å²) in [6, 6.07) is 4.73. The van der Waals surface area contributed by atoms with Crippen LogP contribution in [0.1, 0.15) is 37.8 Å². The van der Waals surface area contributed by atoms with Gasteiger partial charge in [-0.05, 0) is 44.0 Å². The molecular formula is C14H17ClFN. The number of rotatable bonds is 4. The molecular weight excluding hydrogens is 237 g/mol. The first-order valence-corrected chi connectivity index (χ1v) is 6.47. The van der Waals surface area contributed by atoms with E-state index in [9.17, 15) is 4.39 Å². The lowest BCUT2D eigenvalue weighted by atomic mass is 9.97. The summed E-state index contributed by atoms with van der Waals surface area (Å²) in [4.78, 5) is 0. The molecule has 92 valence electrons. The highest BCUT2D eigenvalue weighted by Crippen LogP contribution is 2.33. The number of benzene rings is 1. The van der Waals surface area contributed by atoms with E-state index in [-0.39, 0.29) is 11.9 Å². The predicted octanol–water partition coefficient (Wildman–Crippen LogP) is 4.24. The lowest BCUT2D eigenvalue weighted by Crippen LogP contribution is -2.23. The summed E-state index contributed by atoms with van der Waals surface area (Å²) in [5, 5.41) is 3.93. The van der Waals surface area contributed by atoms with Gasteiger partial charge in [-0.3, -0.25) is 0 Å². The van der Waals surface area contributed by atoms with Crippen LogP contribution in [-0.4, -0.2) is 6.54 Å². The fourth-order valence-electron chi connectivity index (χ4n) is 2.34. The Labute approximate surface area is 107 Å². The van der Waals surface area contributed by atoms with Gasteiger partial charge in [0.05, 0.1) is 6.04 Å². The van der Waals surface area contributed by atoms with Crippen LogP contribution in [0.25, 0.3) is 0 Å². The lowest BCUT2D eigenvalue weighted by Gasteiger charge is -2.20. The summed E-state index contributed by atoms with van der Waals surface area (Å²) < 4.78 is 13.9. The Morgan fingerprint density at radius 3 is 2.94 bits per heavy atom. The maximum atomic E-state index is 13.9. The zero-order chi connectivity index (χ0) is 12.3. The van der Waals surface area contributed by atoms with Gasteiger partial charge in [0.15, 0.2) is 0 Å². The van der Waals surface area contributed by atoms with Gasteiger partial charge in [-0.2, -0.15) is 0 Å². The van der Waals surface area contributed by atoms with Gasteiger partial charge in [0.2, 0.25) is 0 Å². The van der Waals surface area contributed by atoms with Crippen molar-refractivity contribution in [3.63, 3.8) is 0 Å². The molecule has 1 nitrogen and oxygen atoms in total. The van der Waals surface area contributed by atoms with Crippen molar-refractivity contribution < 1.29 is 4.39 Å². The zero-order valence-electron chi connectivity index (χ0n) is 9.97. The minimum absolute atomic E-state index is 0.0267. The molecule has 0 saturated heterocycles. The molecule has 0 aliphatic heterocycles. The largest absolute Gasteiger partial charge is 0.307 e. The Bertz CT molecular complexity index is 428. The van der Waals surface area contributed by atoms with Crippen LogP contribution in [0.15, 0.2) is 29.8 Å². The van der Waals surface area contributed by atoms with Crippen molar-refractivity contribution in [2.45, 2.75) is 32.2 Å². The van der Waals surface area contributed by atoms with E-state index in [2.05, 4.69) is 11.4 Å². The smallest absolute Gasteiger partial charge is 0.128 e. The summed E-state index contributed by atoms with van der Waals surface area (Å²) in [6.07, 6.45) is 5.52. The molecule has 2 rings (SSSR count). The zero-order valence-corrected chi connectivity index (χ0v) is 10.7. The van der Waals surface area contributed by atoms with E-state index >= 15 is 0 Å². The molecule has 0 spiro atoms. The van der Waals surface area contributed by atoms with Gasteiger partial charge in [-0.25, -0.2) is 4.39 Å². The van der Waals surface area contributed by atoms with Crippen LogP contribution >= 0.6 is 11.6 Å². The SMILES string of the molecule is CCNC(C1=CCCC1)c1cc(Cl)ccc1F. The average molecular weight is 254 g/mol. The van der Waals surface area contributed by atoms with Crippen molar-refractivity contribution in [3.8, 4) is 0 Å². The summed E-state index contributed by atoms with van der Waals surface area (Å²) in [7, 11) is 0. The van der Waals surface area contributed by atoms with E-state index in [1.54, 1.807) is 12.1 Å². The van der Waals surface area contributed by atoms with Crippen LogP contribution in [0.4, 0.5) is 4.39 Å². The topological polar surface area (TPSA) is 12.0 Å². The summed E-state index contributed by atoms with van der Waals surface area (Å²) in [5.74, 6) is -0.187. The van der Waals surface area contributed by atoms with E-state index in [0.29, 0.717) is 10.6 Å². The normalized spacial score (nSPS) is 17.0. The monoisotopic (exact) mass is 253 g/mol. The quantitative estimate of drug-likeness (QED) is 0.792. The van der Waals surface area contributed by atoms with Crippen LogP contribution in [0, 0.1) is 5.82 Å². The average Bonchev–Trinajstić information content (AvgIpc) is 2.83. The fraction of sp³-hybridized carbons (Fsp3) is 0.429. The van der Waals surface area contributed by atoms with Gasteiger partial charge >= 0.3 is 0 Å². The fourth-order valence-corrected chi connectivity index (χ4v) is 2.52. The lowest BCUT2D eigenvalue weighted by molar-refractivity contribution is 0.547. The van der Waals surface area contributed by atoms with E-state index in [4.69, 9.17) is 11.6 Å². The third kappa shape index (κ3) is 2.88. The Morgan fingerprint density at radius 1 is 1.47 bits per heavy atom. The van der Waals surface area contributed by atoms with Crippen molar-refractivity contribution >= 4 is 11.6 Å². The van der Waals surface area contributed by atoms with E-state index in [1.165, 1.54) is 18.1 Å². The molecule has 17 heavy (non-hydrogen) atoms. The van der Waals surface area contributed by atoms with Crippen molar-refractivity contribution in [1.82, 2.24) is 5.32 Å². The van der Waals surface area contributed by atoms with Gasteiger partial charge in [-0.15, -0.1) is 0 Å². The van der Waals surface area contributed by atoms with Gasteiger partial charge in [0.25, 0.3) is 0 Å². The van der Waals surface area contributed by atoms with Crippen LogP contribution in [0.3, 0.4) is 0 Å². The van der Waals surface area contributed by atoms with E-state index < -0.39 is 0 Å². The Hall–Kier alpha value is -0.860. The van der Waals surface area contributed by atoms with Crippen LogP contribution in [0.5, 0.6) is 0 Å². The number of nitrogens with one attached hydrogen (secondary N) is 1. The molecule has 0 aromatic heterocycles. The van der Waals surface area contributed by atoms with Crippen molar-refractivity contribution in [2.24, 2.45) is 0 Å². The maximum absolute atomic E-state index is 13.9. The molecule has 0 fully saturated rings. The van der Waals surface area contributed by atoms with Gasteiger partial charge in [-0.1, -0.05) is 30.2 Å². The molecule has 1 aromatic carbocycles. The predicted molar refractivity (Wildman–Crippen MR) is 69.8 cm³/mol. The second kappa shape index (κ2) is 5.65. The second-order valence-corrected chi connectivity index (χ2v) is 4.76. The molecule has 0 bridgehead atoms. The number of likely N-dealkylation sites (N-methyl/N-ethyl adjacent to an activating group) is 1. The van der Waals surface area contributed by atoms with Gasteiger partial charge in [0, 0.05) is 10.6 Å². The summed E-state index contributed by atoms with van der Waals surface area (Å²) in [6.45, 7) is 2.85. The van der Waals surface area contributed by atoms with Crippen molar-refractivity contribution in [3.05, 3.63) is 46.3 Å². The van der Waals surface area contributed by atoms with Crippen molar-refractivity contribution in [1.29, 1.82) is 0 Å². The molecule has 1 N–H and O–H groups in total. The first kappa shape index (κ1) is 12.6. The Kier molecular flexibility index (Phi) is 4.19. The molecule has 0 saturated carbocycles. The Balaban J connectivity index is 2.34. The highest BCUT2D eigenvalue weighted by molar-refractivity contribution is 6.30. The standard InChI is InChI=1S/C14H17ClFN/c1-2-17-14(10-5-3-4-6-10)12-9-11(15)7-8-13(12)16/h5,7-9,14,17H,2-4,6H2,1H3. The molecule has 0 radical (unpaired) electrons. The molecule has 1 unspecified atom stereocenters. The molecule has 0 heterocycles. The number of halogens is 2. The summed E-state index contributed by atoms with van der Waals surface area (Å²) >= 11 is 5.95. The number of hydrogen-bond donors (Lipinski definition) is 1. The summed E-state index contributed by atoms with van der Waals surface area (Å²) in [5.41, 5.74) is 1.94. The van der Waals surface area contributed by atoms with Crippen LogP contribution in [-0.2, 0) is 0 Å². The number of hydrogen-bond acceptors (Lipinski definition) is 1. The molecule has 1 aliphatic rings. The van der Waals surface area contributed by atoms with Crippen LogP contribution < -0.4 is 5.32 Å². The maximum Gasteiger partial charge on any atom is 0.128 e. The first-order valence-electron chi connectivity index (χ1n) is 6.09. The first-order chi connectivity index (χ1) is 8.22. The van der Waals surface area contributed by atoms with Gasteiger partial charge in [0.1, 0.15) is 5.82 Å². The third-order valence-corrected chi connectivity index (χ3v) is 3.36. The molecule has 1 aromatic rings. The van der Waals surface area contributed by atoms with Crippen LogP contribution in [0.2, 0.25) is 5.02 Å². The molecule has 3 heteroatoms. The van der Waals surface area contributed by atoms with E-state index in [0.717, 1.165) is 19.4 Å². The molecule has 0 amide bonds. The second-order valence-electron chi connectivity index (χ2n) is 4.33. The highest BCUT2D eigenvalue weighted by Gasteiger charge is 2.21. The molecule has 1 atom stereocenters. The van der Waals surface area contributed by atoms with E-state index in [1.807, 2.05) is 6.92 Å². The molecule has 1 aliphatic carbocycles. The minimum atomic E-state index is -0.187. The van der Waals surface area contributed by atoms with Crippen molar-refractivity contribution in [2.75, 3.05) is 6.54 Å².